The minimum atomic E-state index is 0.332. The minimum absolute atomic E-state index is 0.332. The summed E-state index contributed by atoms with van der Waals surface area (Å²) in [5, 5.41) is 6.07. The first kappa shape index (κ1) is 13.1. The Morgan fingerprint density at radius 3 is 2.50 bits per heavy atom. The first-order chi connectivity index (χ1) is 8.68. The van der Waals surface area contributed by atoms with Gasteiger partial charge in [0.05, 0.1) is 0 Å². The number of benzene rings is 2. The molecular formula is C17H23N. The number of hydrogen-bond donors (Lipinski definition) is 1. The Balaban J connectivity index is 2.36. The Morgan fingerprint density at radius 2 is 1.78 bits per heavy atom. The lowest BCUT2D eigenvalue weighted by Crippen LogP contribution is -2.31. The van der Waals surface area contributed by atoms with Gasteiger partial charge in [-0.15, -0.1) is 0 Å². The molecule has 0 saturated heterocycles. The van der Waals surface area contributed by atoms with Crippen molar-refractivity contribution in [1.29, 1.82) is 0 Å². The van der Waals surface area contributed by atoms with Crippen LogP contribution in [0.1, 0.15) is 25.8 Å². The SMILES string of the molecule is CCC(C)(CNC)Cc1cccc2ccccc12. The van der Waals surface area contributed by atoms with Gasteiger partial charge in [-0.05, 0) is 41.6 Å². The predicted octanol–water partition coefficient (Wildman–Crippen LogP) is 4.02. The summed E-state index contributed by atoms with van der Waals surface area (Å²) in [5.41, 5.74) is 1.80. The number of nitrogens with one attached hydrogen (secondary N) is 1. The zero-order valence-corrected chi connectivity index (χ0v) is 11.7. The summed E-state index contributed by atoms with van der Waals surface area (Å²) < 4.78 is 0. The van der Waals surface area contributed by atoms with E-state index in [4.69, 9.17) is 0 Å². The molecule has 18 heavy (non-hydrogen) atoms. The van der Waals surface area contributed by atoms with Gasteiger partial charge in [0.15, 0.2) is 0 Å². The highest BCUT2D eigenvalue weighted by molar-refractivity contribution is 5.85. The highest BCUT2D eigenvalue weighted by atomic mass is 14.8. The molecule has 1 nitrogen and oxygen atoms in total. The fourth-order valence-corrected chi connectivity index (χ4v) is 2.65. The molecule has 0 saturated carbocycles. The fraction of sp³-hybridized carbons (Fsp3) is 0.412. The Labute approximate surface area is 110 Å². The van der Waals surface area contributed by atoms with Crippen molar-refractivity contribution < 1.29 is 0 Å². The first-order valence-corrected chi connectivity index (χ1v) is 6.80. The molecule has 0 spiro atoms. The van der Waals surface area contributed by atoms with Gasteiger partial charge in [-0.3, -0.25) is 0 Å². The van der Waals surface area contributed by atoms with Crippen LogP contribution in [0.2, 0.25) is 0 Å². The van der Waals surface area contributed by atoms with E-state index >= 15 is 0 Å². The smallest absolute Gasteiger partial charge is 0.000525 e. The maximum atomic E-state index is 3.33. The molecule has 0 bridgehead atoms. The van der Waals surface area contributed by atoms with Crippen LogP contribution in [0.4, 0.5) is 0 Å². The van der Waals surface area contributed by atoms with Crippen LogP contribution >= 0.6 is 0 Å². The molecule has 0 aliphatic rings. The maximum Gasteiger partial charge on any atom is 0.000525 e. The Kier molecular flexibility index (Phi) is 4.03. The van der Waals surface area contributed by atoms with Crippen LogP contribution in [0.15, 0.2) is 42.5 Å². The van der Waals surface area contributed by atoms with Crippen LogP contribution in [0, 0.1) is 5.41 Å². The topological polar surface area (TPSA) is 12.0 Å². The summed E-state index contributed by atoms with van der Waals surface area (Å²) in [6.07, 6.45) is 2.32. The van der Waals surface area contributed by atoms with Crippen molar-refractivity contribution in [3.05, 3.63) is 48.0 Å². The first-order valence-electron chi connectivity index (χ1n) is 6.80. The molecule has 0 aliphatic carbocycles. The molecular weight excluding hydrogens is 218 g/mol. The van der Waals surface area contributed by atoms with Gasteiger partial charge in [-0.25, -0.2) is 0 Å². The van der Waals surface area contributed by atoms with Crippen LogP contribution in [0.5, 0.6) is 0 Å². The van der Waals surface area contributed by atoms with Crippen molar-refractivity contribution in [2.75, 3.05) is 13.6 Å². The van der Waals surface area contributed by atoms with Gasteiger partial charge in [0.2, 0.25) is 0 Å². The van der Waals surface area contributed by atoms with E-state index in [-0.39, 0.29) is 0 Å². The maximum absolute atomic E-state index is 3.33. The molecule has 1 N–H and O–H groups in total. The van der Waals surface area contributed by atoms with E-state index < -0.39 is 0 Å². The molecule has 0 heterocycles. The average molecular weight is 241 g/mol. The van der Waals surface area contributed by atoms with Crippen molar-refractivity contribution in [2.45, 2.75) is 26.7 Å². The Hall–Kier alpha value is -1.34. The van der Waals surface area contributed by atoms with Crippen molar-refractivity contribution in [3.8, 4) is 0 Å². The van der Waals surface area contributed by atoms with Crippen LogP contribution in [0.25, 0.3) is 10.8 Å². The third-order valence-electron chi connectivity index (χ3n) is 3.95. The molecule has 2 aromatic rings. The fourth-order valence-electron chi connectivity index (χ4n) is 2.65. The van der Waals surface area contributed by atoms with E-state index in [1.54, 1.807) is 0 Å². The van der Waals surface area contributed by atoms with Gasteiger partial charge >= 0.3 is 0 Å². The van der Waals surface area contributed by atoms with Crippen molar-refractivity contribution >= 4 is 10.8 Å². The molecule has 1 atom stereocenters. The second kappa shape index (κ2) is 5.53. The van der Waals surface area contributed by atoms with E-state index in [1.165, 1.54) is 22.8 Å². The zero-order chi connectivity index (χ0) is 13.0. The van der Waals surface area contributed by atoms with E-state index in [0.29, 0.717) is 5.41 Å². The second-order valence-corrected chi connectivity index (χ2v) is 5.51. The van der Waals surface area contributed by atoms with Gasteiger partial charge in [0.1, 0.15) is 0 Å². The van der Waals surface area contributed by atoms with E-state index in [2.05, 4.69) is 61.6 Å². The van der Waals surface area contributed by atoms with Crippen LogP contribution in [-0.4, -0.2) is 13.6 Å². The largest absolute Gasteiger partial charge is 0.319 e. The number of rotatable bonds is 5. The molecule has 0 radical (unpaired) electrons. The number of hydrogen-bond acceptors (Lipinski definition) is 1. The van der Waals surface area contributed by atoms with Gasteiger partial charge < -0.3 is 5.32 Å². The van der Waals surface area contributed by atoms with Crippen LogP contribution < -0.4 is 5.32 Å². The van der Waals surface area contributed by atoms with E-state index in [1.807, 2.05) is 7.05 Å². The third kappa shape index (κ3) is 2.73. The summed E-state index contributed by atoms with van der Waals surface area (Å²) in [6.45, 7) is 5.71. The molecule has 0 aromatic heterocycles. The van der Waals surface area contributed by atoms with Crippen molar-refractivity contribution in [2.24, 2.45) is 5.41 Å². The standard InChI is InChI=1S/C17H23N/c1-4-17(2,13-18-3)12-15-10-7-9-14-8-5-6-11-16(14)15/h5-11,18H,4,12-13H2,1-3H3. The van der Waals surface area contributed by atoms with Crippen LogP contribution in [-0.2, 0) is 6.42 Å². The Bertz CT molecular complexity index is 513. The van der Waals surface area contributed by atoms with E-state index in [9.17, 15) is 0 Å². The average Bonchev–Trinajstić information content (AvgIpc) is 2.39. The predicted molar refractivity (Wildman–Crippen MR) is 80.0 cm³/mol. The third-order valence-corrected chi connectivity index (χ3v) is 3.95. The van der Waals surface area contributed by atoms with Gasteiger partial charge in [0, 0.05) is 6.54 Å². The van der Waals surface area contributed by atoms with E-state index in [0.717, 1.165) is 13.0 Å². The quantitative estimate of drug-likeness (QED) is 0.833. The second-order valence-electron chi connectivity index (χ2n) is 5.51. The molecule has 0 amide bonds. The summed E-state index contributed by atoms with van der Waals surface area (Å²) in [7, 11) is 2.04. The number of fused-ring (bicyclic) bond motifs is 1. The van der Waals surface area contributed by atoms with Gasteiger partial charge in [0.25, 0.3) is 0 Å². The molecule has 2 rings (SSSR count). The molecule has 1 heteroatoms. The molecule has 96 valence electrons. The Morgan fingerprint density at radius 1 is 1.06 bits per heavy atom. The zero-order valence-electron chi connectivity index (χ0n) is 11.7. The summed E-state index contributed by atoms with van der Waals surface area (Å²) >= 11 is 0. The molecule has 1 unspecified atom stereocenters. The lowest BCUT2D eigenvalue weighted by atomic mass is 9.80. The highest BCUT2D eigenvalue weighted by Crippen LogP contribution is 2.29. The minimum Gasteiger partial charge on any atom is -0.319 e. The highest BCUT2D eigenvalue weighted by Gasteiger charge is 2.22. The van der Waals surface area contributed by atoms with Crippen molar-refractivity contribution in [1.82, 2.24) is 5.32 Å². The monoisotopic (exact) mass is 241 g/mol. The summed E-state index contributed by atoms with van der Waals surface area (Å²) in [4.78, 5) is 0. The lowest BCUT2D eigenvalue weighted by Gasteiger charge is -2.28. The summed E-state index contributed by atoms with van der Waals surface area (Å²) in [6, 6.07) is 15.3. The van der Waals surface area contributed by atoms with Gasteiger partial charge in [-0.1, -0.05) is 56.3 Å². The molecule has 0 aliphatic heterocycles. The van der Waals surface area contributed by atoms with Crippen molar-refractivity contribution in [3.63, 3.8) is 0 Å². The van der Waals surface area contributed by atoms with Gasteiger partial charge in [-0.2, -0.15) is 0 Å². The molecule has 0 fully saturated rings. The molecule has 2 aromatic carbocycles. The lowest BCUT2D eigenvalue weighted by molar-refractivity contribution is 0.300. The van der Waals surface area contributed by atoms with Crippen LogP contribution in [0.3, 0.4) is 0 Å². The summed E-state index contributed by atoms with van der Waals surface area (Å²) in [5.74, 6) is 0. The normalized spacial score (nSPS) is 14.6.